The molecule has 3 rings (SSSR count). The van der Waals surface area contributed by atoms with Crippen molar-refractivity contribution in [2.45, 2.75) is 71.3 Å². The smallest absolute Gasteiger partial charge is 0.330 e. The van der Waals surface area contributed by atoms with E-state index >= 15 is 0 Å². The van der Waals surface area contributed by atoms with Gasteiger partial charge in [0.1, 0.15) is 31.0 Å². The number of benzene rings is 1. The van der Waals surface area contributed by atoms with E-state index in [9.17, 15) is 9.59 Å². The van der Waals surface area contributed by atoms with Gasteiger partial charge in [-0.1, -0.05) is 18.2 Å². The number of hydrogen-bond acceptors (Lipinski definition) is 8. The highest BCUT2D eigenvalue weighted by Crippen LogP contribution is 2.33. The van der Waals surface area contributed by atoms with E-state index in [1.165, 1.54) is 32.1 Å². The minimum atomic E-state index is -0.449. The van der Waals surface area contributed by atoms with Crippen LogP contribution in [0.1, 0.15) is 65.7 Å². The zero-order valence-corrected chi connectivity index (χ0v) is 25.9. The molecule has 0 radical (unpaired) electrons. The maximum atomic E-state index is 10.7. The molecule has 0 amide bonds. The topological polar surface area (TPSA) is 89.5 Å². The van der Waals surface area contributed by atoms with Crippen molar-refractivity contribution >= 4 is 12.3 Å². The lowest BCUT2D eigenvalue weighted by Crippen LogP contribution is -2.15. The van der Waals surface area contributed by atoms with E-state index in [1.54, 1.807) is 19.8 Å². The van der Waals surface area contributed by atoms with Crippen LogP contribution in [0, 0.1) is 11.8 Å². The molecular formula is C33H52O8. The predicted octanol–water partition coefficient (Wildman–Crippen LogP) is 6.37. The number of carbonyl (C=O) groups excluding carboxylic acids is 2. The number of rotatable bonds is 14. The predicted molar refractivity (Wildman–Crippen MR) is 161 cm³/mol. The summed E-state index contributed by atoms with van der Waals surface area (Å²) in [6.07, 6.45) is 13.6. The minimum absolute atomic E-state index is 0.0417. The van der Waals surface area contributed by atoms with Crippen molar-refractivity contribution in [1.29, 1.82) is 0 Å². The summed E-state index contributed by atoms with van der Waals surface area (Å²) >= 11 is 0. The molecule has 2 aliphatic rings. The average Bonchev–Trinajstić information content (AvgIpc) is 2.96. The van der Waals surface area contributed by atoms with Gasteiger partial charge in [-0.2, -0.15) is 0 Å². The molecule has 2 saturated carbocycles. The Morgan fingerprint density at radius 1 is 0.854 bits per heavy atom. The molecular weight excluding hydrogens is 524 g/mol. The number of hydrogen-bond donors (Lipinski definition) is 0. The van der Waals surface area contributed by atoms with Crippen LogP contribution in [0.3, 0.4) is 0 Å². The third-order valence-corrected chi connectivity index (χ3v) is 6.66. The third kappa shape index (κ3) is 19.1. The summed E-state index contributed by atoms with van der Waals surface area (Å²) in [4.78, 5) is 21.3. The van der Waals surface area contributed by atoms with Gasteiger partial charge in [-0.05, 0) is 95.9 Å². The highest BCUT2D eigenvalue weighted by atomic mass is 16.6. The second-order valence-electron chi connectivity index (χ2n) is 10.9. The van der Waals surface area contributed by atoms with E-state index in [0.717, 1.165) is 42.6 Å². The van der Waals surface area contributed by atoms with Gasteiger partial charge in [-0.25, -0.2) is 4.79 Å². The van der Waals surface area contributed by atoms with Crippen LogP contribution < -0.4 is 9.47 Å². The molecule has 8 nitrogen and oxygen atoms in total. The normalized spacial score (nSPS) is 17.8. The van der Waals surface area contributed by atoms with Crippen LogP contribution in [-0.4, -0.2) is 71.7 Å². The summed E-state index contributed by atoms with van der Waals surface area (Å²) in [5, 5.41) is 0. The van der Waals surface area contributed by atoms with Crippen LogP contribution in [0.4, 0.5) is 0 Å². The Kier molecular flexibility index (Phi) is 19.5. The first-order valence-corrected chi connectivity index (χ1v) is 14.6. The Bertz CT molecular complexity index is 858. The Hall–Kier alpha value is -2.68. The molecule has 0 spiro atoms. The molecule has 1 aromatic carbocycles. The highest BCUT2D eigenvalue weighted by Gasteiger charge is 2.20. The quantitative estimate of drug-likeness (QED) is 0.0830. The molecule has 0 heterocycles. The fourth-order valence-electron chi connectivity index (χ4n) is 3.80. The molecule has 0 saturated heterocycles. The molecule has 0 atom stereocenters. The Labute approximate surface area is 247 Å². The van der Waals surface area contributed by atoms with Crippen molar-refractivity contribution in [3.8, 4) is 11.5 Å². The van der Waals surface area contributed by atoms with Gasteiger partial charge in [-0.15, -0.1) is 0 Å². The van der Waals surface area contributed by atoms with E-state index in [2.05, 4.69) is 12.7 Å². The summed E-state index contributed by atoms with van der Waals surface area (Å²) in [5.74, 6) is 2.28. The van der Waals surface area contributed by atoms with E-state index in [-0.39, 0.29) is 12.2 Å². The maximum absolute atomic E-state index is 10.7. The van der Waals surface area contributed by atoms with Crippen LogP contribution >= 0.6 is 0 Å². The lowest BCUT2D eigenvalue weighted by atomic mass is 9.79. The molecule has 2 aliphatic carbocycles. The summed E-state index contributed by atoms with van der Waals surface area (Å²) in [6, 6.07) is 7.35. The van der Waals surface area contributed by atoms with E-state index in [0.29, 0.717) is 39.0 Å². The first-order valence-electron chi connectivity index (χ1n) is 14.6. The first kappa shape index (κ1) is 36.3. The Morgan fingerprint density at radius 3 is 1.83 bits per heavy atom. The molecule has 0 bridgehead atoms. The van der Waals surface area contributed by atoms with Crippen molar-refractivity contribution in [2.75, 3.05) is 53.9 Å². The summed E-state index contributed by atoms with van der Waals surface area (Å²) in [7, 11) is 3.33. The lowest BCUT2D eigenvalue weighted by molar-refractivity contribution is -0.139. The van der Waals surface area contributed by atoms with Crippen molar-refractivity contribution in [1.82, 2.24) is 0 Å². The number of carbonyl (C=O) groups is 2. The fraction of sp³-hybridized carbons (Fsp3) is 0.636. The lowest BCUT2D eigenvalue weighted by Gasteiger charge is -2.26. The van der Waals surface area contributed by atoms with Crippen molar-refractivity contribution < 1.29 is 38.0 Å². The second kappa shape index (κ2) is 22.0. The fourth-order valence-corrected chi connectivity index (χ4v) is 3.80. The van der Waals surface area contributed by atoms with Gasteiger partial charge in [0.05, 0.1) is 39.1 Å². The molecule has 0 aliphatic heterocycles. The standard InChI is InChI=1S/C16H22O6.C12H18O.C5H12O/c1-3-16(17)22-13-11-20-9-8-19-10-12-21-15-6-4-14(18-2)5-7-15;13-9-12-6-4-11(5-7-12)8-10-2-1-3-10;1-5(2,3)6-4/h3-7H,1,8-13H2,2H3;8-9,11-12H,1-7H2;1-4H3. The molecule has 41 heavy (non-hydrogen) atoms. The average molecular weight is 577 g/mol. The summed E-state index contributed by atoms with van der Waals surface area (Å²) in [5.41, 5.74) is 1.72. The molecule has 2 fully saturated rings. The minimum Gasteiger partial charge on any atom is -0.497 e. The number of esters is 1. The number of methoxy groups -OCH3 is 2. The van der Waals surface area contributed by atoms with E-state index < -0.39 is 5.97 Å². The zero-order chi connectivity index (χ0) is 30.3. The number of ether oxygens (including phenoxy) is 6. The van der Waals surface area contributed by atoms with Crippen LogP contribution in [-0.2, 0) is 28.5 Å². The van der Waals surface area contributed by atoms with Gasteiger partial charge < -0.3 is 33.2 Å². The van der Waals surface area contributed by atoms with Gasteiger partial charge in [0.25, 0.3) is 0 Å². The molecule has 0 aromatic heterocycles. The molecule has 8 heteroatoms. The molecule has 232 valence electrons. The maximum Gasteiger partial charge on any atom is 0.330 e. The largest absolute Gasteiger partial charge is 0.497 e. The molecule has 1 aromatic rings. The van der Waals surface area contributed by atoms with Crippen LogP contribution in [0.15, 0.2) is 48.6 Å². The van der Waals surface area contributed by atoms with E-state index in [4.69, 9.17) is 28.4 Å². The Morgan fingerprint density at radius 2 is 1.37 bits per heavy atom. The van der Waals surface area contributed by atoms with Crippen molar-refractivity contribution in [3.63, 3.8) is 0 Å². The van der Waals surface area contributed by atoms with Gasteiger partial charge in [0.15, 0.2) is 0 Å². The number of allylic oxidation sites excluding steroid dienone is 2. The number of aldehydes is 1. The Balaban J connectivity index is 0.000000369. The molecule has 0 unspecified atom stereocenters. The first-order chi connectivity index (χ1) is 19.7. The summed E-state index contributed by atoms with van der Waals surface area (Å²) in [6.45, 7) is 11.7. The van der Waals surface area contributed by atoms with Gasteiger partial charge in [0.2, 0.25) is 0 Å². The van der Waals surface area contributed by atoms with Crippen molar-refractivity contribution in [3.05, 3.63) is 48.6 Å². The summed E-state index contributed by atoms with van der Waals surface area (Å²) < 4.78 is 30.8. The molecule has 0 N–H and O–H groups in total. The second-order valence-corrected chi connectivity index (χ2v) is 10.9. The van der Waals surface area contributed by atoms with E-state index in [1.807, 2.05) is 45.0 Å². The van der Waals surface area contributed by atoms with Gasteiger partial charge >= 0.3 is 5.97 Å². The highest BCUT2D eigenvalue weighted by molar-refractivity contribution is 5.81. The monoisotopic (exact) mass is 576 g/mol. The SMILES string of the molecule is C=CC(=O)OCCOCCOCCOc1ccc(OC)cc1.COC(C)(C)C.O=CC1CCC(C=C2CCC2)CC1. The van der Waals surface area contributed by atoms with Crippen LogP contribution in [0.2, 0.25) is 0 Å². The zero-order valence-electron chi connectivity index (χ0n) is 25.9. The van der Waals surface area contributed by atoms with Crippen LogP contribution in [0.25, 0.3) is 0 Å². The third-order valence-electron chi connectivity index (χ3n) is 6.66. The van der Waals surface area contributed by atoms with Crippen LogP contribution in [0.5, 0.6) is 11.5 Å². The van der Waals surface area contributed by atoms with Gasteiger partial charge in [0, 0.05) is 19.1 Å². The van der Waals surface area contributed by atoms with Crippen molar-refractivity contribution in [2.24, 2.45) is 11.8 Å². The van der Waals surface area contributed by atoms with Gasteiger partial charge in [-0.3, -0.25) is 0 Å².